The van der Waals surface area contributed by atoms with Crippen molar-refractivity contribution in [1.29, 1.82) is 0 Å². The molecule has 94 valence electrons. The predicted octanol–water partition coefficient (Wildman–Crippen LogP) is 1.87. The number of carbonyl (C=O) groups excluding carboxylic acids is 1. The van der Waals surface area contributed by atoms with E-state index in [0.717, 1.165) is 12.2 Å². The summed E-state index contributed by atoms with van der Waals surface area (Å²) in [6, 6.07) is 5.23. The molecule has 0 saturated heterocycles. The molecule has 0 bridgehead atoms. The van der Waals surface area contributed by atoms with E-state index in [1.165, 1.54) is 0 Å². The molecule has 0 radical (unpaired) electrons. The molecule has 4 N–H and O–H groups in total. The van der Waals surface area contributed by atoms with Crippen molar-refractivity contribution in [3.63, 3.8) is 0 Å². The first-order valence-corrected chi connectivity index (χ1v) is 5.86. The van der Waals surface area contributed by atoms with E-state index < -0.39 is 0 Å². The lowest BCUT2D eigenvalue weighted by Crippen LogP contribution is -2.36. The van der Waals surface area contributed by atoms with Crippen LogP contribution in [0.2, 0.25) is 5.02 Å². The van der Waals surface area contributed by atoms with Crippen molar-refractivity contribution in [3.8, 4) is 0 Å². The molecule has 17 heavy (non-hydrogen) atoms. The van der Waals surface area contributed by atoms with Crippen molar-refractivity contribution in [2.24, 2.45) is 11.7 Å². The van der Waals surface area contributed by atoms with Gasteiger partial charge in [-0.15, -0.1) is 0 Å². The number of nitrogens with two attached hydrogens (primary N) is 2. The quantitative estimate of drug-likeness (QED) is 0.789. The Morgan fingerprint density at radius 3 is 2.59 bits per heavy atom. The molecule has 1 aromatic carbocycles. The first kappa shape index (κ1) is 13.6. The molecule has 0 unspecified atom stereocenters. The van der Waals surface area contributed by atoms with Crippen molar-refractivity contribution < 1.29 is 4.79 Å². The standard InChI is InChI=1S/C12H18ClN3O/c1-8(2)6-16(7-12(15)17)11-4-3-9(13)5-10(11)14/h3-5,8H,6-7,14H2,1-2H3,(H2,15,17). The fraction of sp³-hybridized carbons (Fsp3) is 0.417. The van der Waals surface area contributed by atoms with Crippen LogP contribution in [0.1, 0.15) is 13.8 Å². The normalized spacial score (nSPS) is 10.6. The van der Waals surface area contributed by atoms with Crippen LogP contribution in [-0.2, 0) is 4.79 Å². The van der Waals surface area contributed by atoms with E-state index in [1.807, 2.05) is 11.0 Å². The van der Waals surface area contributed by atoms with Crippen molar-refractivity contribution in [2.45, 2.75) is 13.8 Å². The minimum atomic E-state index is -0.375. The largest absolute Gasteiger partial charge is 0.397 e. The van der Waals surface area contributed by atoms with Crippen LogP contribution in [0.4, 0.5) is 11.4 Å². The van der Waals surface area contributed by atoms with Crippen LogP contribution in [0, 0.1) is 5.92 Å². The average Bonchev–Trinajstić information content (AvgIpc) is 2.14. The number of carbonyl (C=O) groups is 1. The Morgan fingerprint density at radius 1 is 1.47 bits per heavy atom. The van der Waals surface area contributed by atoms with Crippen LogP contribution in [-0.4, -0.2) is 19.0 Å². The van der Waals surface area contributed by atoms with Crippen LogP contribution < -0.4 is 16.4 Å². The zero-order valence-electron chi connectivity index (χ0n) is 10.1. The summed E-state index contributed by atoms with van der Waals surface area (Å²) in [6.07, 6.45) is 0. The maximum absolute atomic E-state index is 11.1. The summed E-state index contributed by atoms with van der Waals surface area (Å²) in [5.41, 5.74) is 12.5. The van der Waals surface area contributed by atoms with Gasteiger partial charge in [0.1, 0.15) is 0 Å². The van der Waals surface area contributed by atoms with E-state index in [1.54, 1.807) is 12.1 Å². The summed E-state index contributed by atoms with van der Waals surface area (Å²) in [4.78, 5) is 12.9. The second kappa shape index (κ2) is 5.77. The smallest absolute Gasteiger partial charge is 0.236 e. The molecule has 1 amide bonds. The van der Waals surface area contributed by atoms with Gasteiger partial charge >= 0.3 is 0 Å². The van der Waals surface area contributed by atoms with Gasteiger partial charge in [-0.25, -0.2) is 0 Å². The molecule has 1 rings (SSSR count). The third-order valence-corrected chi connectivity index (χ3v) is 2.50. The summed E-state index contributed by atoms with van der Waals surface area (Å²) in [7, 11) is 0. The molecule has 1 aromatic rings. The van der Waals surface area contributed by atoms with Crippen molar-refractivity contribution >= 4 is 28.9 Å². The summed E-state index contributed by atoms with van der Waals surface area (Å²) >= 11 is 5.84. The minimum Gasteiger partial charge on any atom is -0.397 e. The summed E-state index contributed by atoms with van der Waals surface area (Å²) in [5, 5.41) is 0.579. The van der Waals surface area contributed by atoms with Gasteiger partial charge in [0.2, 0.25) is 5.91 Å². The molecule has 0 aliphatic carbocycles. The number of primary amides is 1. The molecule has 5 heteroatoms. The molecule has 4 nitrogen and oxygen atoms in total. The number of amides is 1. The molecule has 0 atom stereocenters. The van der Waals surface area contributed by atoms with E-state index >= 15 is 0 Å². The average molecular weight is 256 g/mol. The molecule has 0 aliphatic heterocycles. The Bertz CT molecular complexity index is 407. The molecule has 0 aliphatic rings. The zero-order valence-corrected chi connectivity index (χ0v) is 10.9. The summed E-state index contributed by atoms with van der Waals surface area (Å²) < 4.78 is 0. The lowest BCUT2D eigenvalue weighted by molar-refractivity contribution is -0.116. The van der Waals surface area contributed by atoms with E-state index in [0.29, 0.717) is 16.6 Å². The van der Waals surface area contributed by atoms with E-state index in [4.69, 9.17) is 23.1 Å². The fourth-order valence-electron chi connectivity index (χ4n) is 1.69. The van der Waals surface area contributed by atoms with Gasteiger partial charge < -0.3 is 16.4 Å². The number of hydrogen-bond donors (Lipinski definition) is 2. The van der Waals surface area contributed by atoms with E-state index in [2.05, 4.69) is 13.8 Å². The highest BCUT2D eigenvalue weighted by Crippen LogP contribution is 2.26. The highest BCUT2D eigenvalue weighted by molar-refractivity contribution is 6.31. The number of hydrogen-bond acceptors (Lipinski definition) is 3. The van der Waals surface area contributed by atoms with Crippen LogP contribution in [0.15, 0.2) is 18.2 Å². The number of benzene rings is 1. The highest BCUT2D eigenvalue weighted by Gasteiger charge is 2.13. The molecular weight excluding hydrogens is 238 g/mol. The van der Waals surface area contributed by atoms with Gasteiger partial charge in [0, 0.05) is 11.6 Å². The van der Waals surface area contributed by atoms with Crippen LogP contribution in [0.25, 0.3) is 0 Å². The third-order valence-electron chi connectivity index (χ3n) is 2.26. The van der Waals surface area contributed by atoms with E-state index in [9.17, 15) is 4.79 Å². The van der Waals surface area contributed by atoms with Gasteiger partial charge in [0.15, 0.2) is 0 Å². The fourth-order valence-corrected chi connectivity index (χ4v) is 1.87. The zero-order chi connectivity index (χ0) is 13.0. The van der Waals surface area contributed by atoms with Gasteiger partial charge in [-0.3, -0.25) is 4.79 Å². The predicted molar refractivity (Wildman–Crippen MR) is 72.1 cm³/mol. The van der Waals surface area contributed by atoms with Gasteiger partial charge in [-0.05, 0) is 24.1 Å². The van der Waals surface area contributed by atoms with Gasteiger partial charge in [0.05, 0.1) is 17.9 Å². The van der Waals surface area contributed by atoms with E-state index in [-0.39, 0.29) is 12.5 Å². The van der Waals surface area contributed by atoms with Crippen molar-refractivity contribution in [2.75, 3.05) is 23.7 Å². The SMILES string of the molecule is CC(C)CN(CC(N)=O)c1ccc(Cl)cc1N. The van der Waals surface area contributed by atoms with Crippen LogP contribution >= 0.6 is 11.6 Å². The second-order valence-electron chi connectivity index (χ2n) is 4.44. The van der Waals surface area contributed by atoms with Crippen molar-refractivity contribution in [3.05, 3.63) is 23.2 Å². The van der Waals surface area contributed by atoms with Gasteiger partial charge in [0.25, 0.3) is 0 Å². The topological polar surface area (TPSA) is 72.3 Å². The van der Waals surface area contributed by atoms with Gasteiger partial charge in [-0.1, -0.05) is 25.4 Å². The monoisotopic (exact) mass is 255 g/mol. The Balaban J connectivity index is 2.98. The molecule has 0 aromatic heterocycles. The Labute approximate surface area is 107 Å². The highest BCUT2D eigenvalue weighted by atomic mass is 35.5. The molecule has 0 heterocycles. The van der Waals surface area contributed by atoms with Crippen molar-refractivity contribution in [1.82, 2.24) is 0 Å². The first-order chi connectivity index (χ1) is 7.90. The molecule has 0 fully saturated rings. The molecule has 0 spiro atoms. The third kappa shape index (κ3) is 4.15. The minimum absolute atomic E-state index is 0.157. The van der Waals surface area contributed by atoms with Gasteiger partial charge in [-0.2, -0.15) is 0 Å². The maximum Gasteiger partial charge on any atom is 0.236 e. The number of nitrogens with zero attached hydrogens (tertiary/aromatic N) is 1. The number of halogens is 1. The Kier molecular flexibility index (Phi) is 4.63. The lowest BCUT2D eigenvalue weighted by atomic mass is 10.1. The Morgan fingerprint density at radius 2 is 2.12 bits per heavy atom. The first-order valence-electron chi connectivity index (χ1n) is 5.48. The van der Waals surface area contributed by atoms with Crippen LogP contribution in [0.5, 0.6) is 0 Å². The van der Waals surface area contributed by atoms with Crippen LogP contribution in [0.3, 0.4) is 0 Å². The number of rotatable bonds is 5. The second-order valence-corrected chi connectivity index (χ2v) is 4.88. The summed E-state index contributed by atoms with van der Waals surface area (Å²) in [6.45, 7) is 5.01. The number of nitrogen functional groups attached to an aromatic ring is 1. The molecule has 0 saturated carbocycles. The summed E-state index contributed by atoms with van der Waals surface area (Å²) in [5.74, 6) is 0.0319. The maximum atomic E-state index is 11.1. The number of anilines is 2. The molecular formula is C12H18ClN3O. The Hall–Kier alpha value is -1.42. The lowest BCUT2D eigenvalue weighted by Gasteiger charge is -2.26.